The molecule has 0 saturated heterocycles. The molecule has 3 rings (SSSR count). The summed E-state index contributed by atoms with van der Waals surface area (Å²) in [7, 11) is 0. The number of nitrogens with one attached hydrogen (secondary N) is 2. The van der Waals surface area contributed by atoms with Crippen molar-refractivity contribution in [3.05, 3.63) is 35.0 Å². The Kier molecular flexibility index (Phi) is 2.63. The van der Waals surface area contributed by atoms with E-state index in [4.69, 9.17) is 5.73 Å². The van der Waals surface area contributed by atoms with E-state index < -0.39 is 0 Å². The molecule has 3 heterocycles. The first-order valence-electron chi connectivity index (χ1n) is 5.69. The van der Waals surface area contributed by atoms with Gasteiger partial charge in [0.2, 0.25) is 0 Å². The molecule has 19 heavy (non-hydrogen) atoms. The van der Waals surface area contributed by atoms with Crippen molar-refractivity contribution in [2.24, 2.45) is 0 Å². The van der Waals surface area contributed by atoms with Gasteiger partial charge in [-0.15, -0.1) is 5.10 Å². The van der Waals surface area contributed by atoms with E-state index >= 15 is 0 Å². The maximum atomic E-state index is 11.4. The molecular weight excluding hydrogens is 248 g/mol. The summed E-state index contributed by atoms with van der Waals surface area (Å²) < 4.78 is 2.93. The molecule has 0 saturated carbocycles. The van der Waals surface area contributed by atoms with Crippen molar-refractivity contribution < 1.29 is 0 Å². The van der Waals surface area contributed by atoms with Crippen LogP contribution in [0.3, 0.4) is 0 Å². The molecule has 98 valence electrons. The first-order chi connectivity index (χ1) is 9.22. The van der Waals surface area contributed by atoms with E-state index in [-0.39, 0.29) is 5.69 Å². The third kappa shape index (κ3) is 2.25. The Hall–Kier alpha value is -2.84. The fraction of sp³-hybridized carbons (Fsp3) is 0.200. The van der Waals surface area contributed by atoms with Crippen LogP contribution in [0.2, 0.25) is 0 Å². The quantitative estimate of drug-likeness (QED) is 0.571. The number of aromatic amines is 1. The van der Waals surface area contributed by atoms with Crippen molar-refractivity contribution in [3.8, 4) is 0 Å². The Balaban J connectivity index is 1.68. The normalized spacial score (nSPS) is 10.9. The van der Waals surface area contributed by atoms with Gasteiger partial charge >= 0.3 is 5.69 Å². The number of aromatic nitrogens is 6. The van der Waals surface area contributed by atoms with Crippen LogP contribution in [0.1, 0.15) is 0 Å². The second kappa shape index (κ2) is 4.44. The van der Waals surface area contributed by atoms with Crippen LogP contribution in [0.5, 0.6) is 0 Å². The van der Waals surface area contributed by atoms with Crippen molar-refractivity contribution >= 4 is 17.2 Å². The highest BCUT2D eigenvalue weighted by Crippen LogP contribution is 2.03. The average molecular weight is 260 g/mol. The number of nitrogens with zero attached hydrogens (tertiary/aromatic N) is 5. The van der Waals surface area contributed by atoms with Crippen molar-refractivity contribution in [1.82, 2.24) is 29.6 Å². The Morgan fingerprint density at radius 2 is 2.32 bits per heavy atom. The Labute approximate surface area is 107 Å². The number of H-pyrrole nitrogens is 1. The molecule has 3 aromatic heterocycles. The number of nitrogen functional groups attached to an aromatic ring is 1. The first kappa shape index (κ1) is 11.3. The predicted molar refractivity (Wildman–Crippen MR) is 68.7 cm³/mol. The fourth-order valence-corrected chi connectivity index (χ4v) is 1.70. The summed E-state index contributed by atoms with van der Waals surface area (Å²) in [5, 5.41) is 17.4. The van der Waals surface area contributed by atoms with Gasteiger partial charge in [0.05, 0.1) is 18.4 Å². The maximum Gasteiger partial charge on any atom is 0.364 e. The van der Waals surface area contributed by atoms with Crippen LogP contribution in [0, 0.1) is 0 Å². The third-order valence-electron chi connectivity index (χ3n) is 2.57. The first-order valence-corrected chi connectivity index (χ1v) is 5.69. The number of nitrogens with two attached hydrogens (primary N) is 1. The van der Waals surface area contributed by atoms with E-state index in [0.29, 0.717) is 30.2 Å². The predicted octanol–water partition coefficient (Wildman–Crippen LogP) is -0.692. The van der Waals surface area contributed by atoms with Gasteiger partial charge in [0.1, 0.15) is 5.82 Å². The van der Waals surface area contributed by atoms with Crippen LogP contribution in [-0.2, 0) is 6.54 Å². The van der Waals surface area contributed by atoms with Gasteiger partial charge in [-0.2, -0.15) is 14.7 Å². The zero-order chi connectivity index (χ0) is 13.2. The molecule has 0 aromatic carbocycles. The van der Waals surface area contributed by atoms with Crippen molar-refractivity contribution in [2.45, 2.75) is 6.54 Å². The van der Waals surface area contributed by atoms with Gasteiger partial charge in [-0.3, -0.25) is 4.68 Å². The van der Waals surface area contributed by atoms with Gasteiger partial charge in [-0.25, -0.2) is 9.89 Å². The standard InChI is InChI=1S/C10H12N8O/c11-7-5-13-17(6-7)4-3-12-8-1-2-9-14-15-10(19)18(9)16-8/h1-2,5-6H,3-4,11H2,(H,12,16)(H,15,19). The Bertz CT molecular complexity index is 754. The van der Waals surface area contributed by atoms with Gasteiger partial charge < -0.3 is 11.1 Å². The lowest BCUT2D eigenvalue weighted by atomic mass is 10.5. The summed E-state index contributed by atoms with van der Waals surface area (Å²) in [5.74, 6) is 0.594. The van der Waals surface area contributed by atoms with Gasteiger partial charge in [0, 0.05) is 12.7 Å². The number of rotatable bonds is 4. The highest BCUT2D eigenvalue weighted by atomic mass is 16.2. The summed E-state index contributed by atoms with van der Waals surface area (Å²) >= 11 is 0. The largest absolute Gasteiger partial charge is 0.396 e. The van der Waals surface area contributed by atoms with Gasteiger partial charge in [-0.05, 0) is 12.1 Å². The molecule has 0 aliphatic heterocycles. The molecule has 9 heteroatoms. The molecule has 0 radical (unpaired) electrons. The molecule has 0 amide bonds. The molecule has 0 aliphatic carbocycles. The number of hydrogen-bond donors (Lipinski definition) is 3. The minimum Gasteiger partial charge on any atom is -0.396 e. The lowest BCUT2D eigenvalue weighted by Gasteiger charge is -2.05. The molecule has 4 N–H and O–H groups in total. The van der Waals surface area contributed by atoms with Crippen LogP contribution in [0.25, 0.3) is 5.65 Å². The monoisotopic (exact) mass is 260 g/mol. The van der Waals surface area contributed by atoms with E-state index in [1.165, 1.54) is 4.52 Å². The van der Waals surface area contributed by atoms with E-state index in [2.05, 4.69) is 25.7 Å². The lowest BCUT2D eigenvalue weighted by molar-refractivity contribution is 0.636. The van der Waals surface area contributed by atoms with E-state index in [0.717, 1.165) is 0 Å². The lowest BCUT2D eigenvalue weighted by Crippen LogP contribution is -2.16. The highest BCUT2D eigenvalue weighted by Gasteiger charge is 2.02. The van der Waals surface area contributed by atoms with Crippen LogP contribution in [-0.4, -0.2) is 36.1 Å². The van der Waals surface area contributed by atoms with Crippen LogP contribution in [0.15, 0.2) is 29.3 Å². The van der Waals surface area contributed by atoms with Gasteiger partial charge in [-0.1, -0.05) is 0 Å². The Morgan fingerprint density at radius 3 is 3.11 bits per heavy atom. The minimum atomic E-state index is -0.363. The highest BCUT2D eigenvalue weighted by molar-refractivity contribution is 5.42. The van der Waals surface area contributed by atoms with Gasteiger partial charge in [0.25, 0.3) is 0 Å². The number of fused-ring (bicyclic) bond motifs is 1. The van der Waals surface area contributed by atoms with E-state index in [1.54, 1.807) is 29.2 Å². The summed E-state index contributed by atoms with van der Waals surface area (Å²) in [5.41, 5.74) is 6.31. The molecular formula is C10H12N8O. The molecule has 9 nitrogen and oxygen atoms in total. The zero-order valence-corrected chi connectivity index (χ0v) is 9.95. The van der Waals surface area contributed by atoms with Crippen LogP contribution < -0.4 is 16.7 Å². The molecule has 0 aliphatic rings. The molecule has 3 aromatic rings. The minimum absolute atomic E-state index is 0.363. The van der Waals surface area contributed by atoms with Crippen LogP contribution >= 0.6 is 0 Å². The second-order valence-corrected chi connectivity index (χ2v) is 3.98. The molecule has 0 bridgehead atoms. The topological polar surface area (TPSA) is 119 Å². The van der Waals surface area contributed by atoms with E-state index in [1.807, 2.05) is 0 Å². The summed E-state index contributed by atoms with van der Waals surface area (Å²) in [6.07, 6.45) is 3.34. The molecule has 0 fully saturated rings. The number of hydrogen-bond acceptors (Lipinski definition) is 6. The van der Waals surface area contributed by atoms with E-state index in [9.17, 15) is 4.79 Å². The number of anilines is 2. The Morgan fingerprint density at radius 1 is 1.42 bits per heavy atom. The van der Waals surface area contributed by atoms with Crippen LogP contribution in [0.4, 0.5) is 11.5 Å². The van der Waals surface area contributed by atoms with Crippen molar-refractivity contribution in [2.75, 3.05) is 17.6 Å². The van der Waals surface area contributed by atoms with Crippen molar-refractivity contribution in [3.63, 3.8) is 0 Å². The maximum absolute atomic E-state index is 11.4. The average Bonchev–Trinajstić information content (AvgIpc) is 2.97. The zero-order valence-electron chi connectivity index (χ0n) is 9.95. The second-order valence-electron chi connectivity index (χ2n) is 3.98. The third-order valence-corrected chi connectivity index (χ3v) is 2.57. The smallest absolute Gasteiger partial charge is 0.364 e. The van der Waals surface area contributed by atoms with Gasteiger partial charge in [0.15, 0.2) is 5.65 Å². The summed E-state index contributed by atoms with van der Waals surface area (Å²) in [6.45, 7) is 1.27. The summed E-state index contributed by atoms with van der Waals surface area (Å²) in [4.78, 5) is 11.4. The SMILES string of the molecule is Nc1cnn(CCNc2ccc3n[nH]c(=O)n3n2)c1. The fourth-order valence-electron chi connectivity index (χ4n) is 1.70. The molecule has 0 atom stereocenters. The summed E-state index contributed by atoms with van der Waals surface area (Å²) in [6, 6.07) is 3.46. The molecule has 0 unspecified atom stereocenters. The van der Waals surface area contributed by atoms with Crippen molar-refractivity contribution in [1.29, 1.82) is 0 Å². The molecule has 0 spiro atoms.